The van der Waals surface area contributed by atoms with Gasteiger partial charge in [-0.1, -0.05) is 23.4 Å². The molecular weight excluding hydrogens is 348 g/mol. The van der Waals surface area contributed by atoms with Gasteiger partial charge in [-0.15, -0.1) is 11.3 Å². The molecule has 1 unspecified atom stereocenters. The summed E-state index contributed by atoms with van der Waals surface area (Å²) in [7, 11) is 0. The predicted octanol–water partition coefficient (Wildman–Crippen LogP) is 3.99. The summed E-state index contributed by atoms with van der Waals surface area (Å²) in [4.78, 5) is 16.8. The Kier molecular flexibility index (Phi) is 4.37. The van der Waals surface area contributed by atoms with E-state index < -0.39 is 0 Å². The van der Waals surface area contributed by atoms with Crippen LogP contribution in [0.3, 0.4) is 0 Å². The molecule has 0 saturated carbocycles. The lowest BCUT2D eigenvalue weighted by Gasteiger charge is -2.22. The van der Waals surface area contributed by atoms with E-state index in [4.69, 9.17) is 11.6 Å². The van der Waals surface area contributed by atoms with Gasteiger partial charge in [-0.3, -0.25) is 4.79 Å². The molecule has 0 spiro atoms. The third-order valence-corrected chi connectivity index (χ3v) is 6.96. The van der Waals surface area contributed by atoms with E-state index in [1.807, 2.05) is 36.4 Å². The zero-order valence-corrected chi connectivity index (χ0v) is 14.9. The highest BCUT2D eigenvalue weighted by Gasteiger charge is 2.38. The zero-order chi connectivity index (χ0) is 15.8. The number of carbonyl (C=O) groups excluding carboxylic acids is 1. The number of halogens is 1. The number of hydrogen-bond acceptors (Lipinski definition) is 4. The van der Waals surface area contributed by atoms with Gasteiger partial charge in [-0.2, -0.15) is 0 Å². The second-order valence-electron chi connectivity index (χ2n) is 6.06. The van der Waals surface area contributed by atoms with Crippen LogP contribution in [0.2, 0.25) is 5.02 Å². The number of piperidine rings is 1. The smallest absolute Gasteiger partial charge is 0.261 e. The number of nitrogens with zero attached hydrogens (tertiary/aromatic N) is 1. The third-order valence-electron chi connectivity index (χ3n) is 4.49. The summed E-state index contributed by atoms with van der Waals surface area (Å²) in [5.74, 6) is 0.707. The Hall–Kier alpha value is -1.01. The Morgan fingerprint density at radius 2 is 2.04 bits per heavy atom. The van der Waals surface area contributed by atoms with Gasteiger partial charge in [0.05, 0.1) is 9.09 Å². The molecule has 1 aromatic carbocycles. The Balaban J connectivity index is 1.39. The van der Waals surface area contributed by atoms with Gasteiger partial charge < -0.3 is 10.2 Å². The number of benzene rings is 1. The van der Waals surface area contributed by atoms with E-state index in [1.54, 1.807) is 23.1 Å². The van der Waals surface area contributed by atoms with Crippen molar-refractivity contribution in [3.05, 3.63) is 46.3 Å². The van der Waals surface area contributed by atoms with Crippen LogP contribution in [0, 0.1) is 5.92 Å². The molecule has 0 radical (unpaired) electrons. The Morgan fingerprint density at radius 3 is 2.74 bits per heavy atom. The van der Waals surface area contributed by atoms with E-state index in [1.165, 1.54) is 13.0 Å². The highest BCUT2D eigenvalue weighted by atomic mass is 35.5. The fourth-order valence-corrected chi connectivity index (χ4v) is 5.43. The topological polar surface area (TPSA) is 32.3 Å². The molecule has 0 aliphatic carbocycles. The molecule has 4 rings (SSSR count). The minimum atomic E-state index is 0.0664. The van der Waals surface area contributed by atoms with Gasteiger partial charge in [0, 0.05) is 29.0 Å². The van der Waals surface area contributed by atoms with Crippen molar-refractivity contribution in [2.24, 2.45) is 5.92 Å². The van der Waals surface area contributed by atoms with Gasteiger partial charge in [-0.25, -0.2) is 0 Å². The molecule has 3 heterocycles. The summed E-state index contributed by atoms with van der Waals surface area (Å²) in [6.07, 6.45) is 1.22. The number of amides is 1. The maximum atomic E-state index is 12.4. The second kappa shape index (κ2) is 6.48. The molecule has 2 fully saturated rings. The van der Waals surface area contributed by atoms with E-state index in [0.717, 1.165) is 32.1 Å². The molecular formula is C17H17ClN2OS2. The third kappa shape index (κ3) is 3.43. The van der Waals surface area contributed by atoms with Crippen molar-refractivity contribution in [2.45, 2.75) is 21.6 Å². The molecule has 2 aromatic rings. The molecule has 2 saturated heterocycles. The summed E-state index contributed by atoms with van der Waals surface area (Å²) in [6.45, 7) is 3.35. The SMILES string of the molecule is O=C(N[C@H]1CN2CC[C@@H]1C2)c1ccc(Sc2ccc(Cl)cc2)s1. The molecule has 6 heteroatoms. The minimum absolute atomic E-state index is 0.0664. The van der Waals surface area contributed by atoms with Crippen LogP contribution in [0.5, 0.6) is 0 Å². The van der Waals surface area contributed by atoms with Crippen molar-refractivity contribution in [1.29, 1.82) is 0 Å². The van der Waals surface area contributed by atoms with Crippen molar-refractivity contribution >= 4 is 40.6 Å². The summed E-state index contributed by atoms with van der Waals surface area (Å²) < 4.78 is 1.12. The van der Waals surface area contributed by atoms with Crippen molar-refractivity contribution in [3.8, 4) is 0 Å². The first-order valence-electron chi connectivity index (χ1n) is 7.74. The largest absolute Gasteiger partial charge is 0.347 e. The van der Waals surface area contributed by atoms with E-state index in [2.05, 4.69) is 10.2 Å². The van der Waals surface area contributed by atoms with Crippen LogP contribution >= 0.6 is 34.7 Å². The predicted molar refractivity (Wildman–Crippen MR) is 95.7 cm³/mol. The maximum Gasteiger partial charge on any atom is 0.261 e. The first-order valence-corrected chi connectivity index (χ1v) is 9.75. The number of nitrogens with one attached hydrogen (secondary N) is 1. The Labute approximate surface area is 149 Å². The molecule has 1 aromatic heterocycles. The van der Waals surface area contributed by atoms with Crippen LogP contribution in [-0.4, -0.2) is 36.5 Å². The average molecular weight is 365 g/mol. The van der Waals surface area contributed by atoms with Crippen LogP contribution in [0.4, 0.5) is 0 Å². The molecule has 1 amide bonds. The number of thiophene rings is 1. The second-order valence-corrected chi connectivity index (χ2v) is 8.96. The van der Waals surface area contributed by atoms with Gasteiger partial charge in [0.15, 0.2) is 0 Å². The van der Waals surface area contributed by atoms with E-state index >= 15 is 0 Å². The quantitative estimate of drug-likeness (QED) is 0.890. The van der Waals surface area contributed by atoms with Gasteiger partial charge in [0.25, 0.3) is 5.91 Å². The zero-order valence-electron chi connectivity index (χ0n) is 12.5. The normalized spacial score (nSPS) is 25.7. The first-order chi connectivity index (χ1) is 11.2. The lowest BCUT2D eigenvalue weighted by atomic mass is 10.00. The Bertz CT molecular complexity index is 716. The van der Waals surface area contributed by atoms with E-state index in [0.29, 0.717) is 12.0 Å². The molecule has 3 atom stereocenters. The summed E-state index contributed by atoms with van der Waals surface area (Å²) in [5.41, 5.74) is 0. The molecule has 23 heavy (non-hydrogen) atoms. The summed E-state index contributed by atoms with van der Waals surface area (Å²) >= 11 is 9.11. The maximum absolute atomic E-state index is 12.4. The standard InChI is InChI=1S/C17H17ClN2OS2/c18-12-1-3-13(4-2-12)22-16-6-5-15(23-16)17(21)19-14-10-20-8-7-11(14)9-20/h1-6,11,14H,7-10H2,(H,19,21)/t11-,14+/m1/s1. The summed E-state index contributed by atoms with van der Waals surface area (Å²) in [6, 6.07) is 12.0. The first kappa shape index (κ1) is 15.5. The highest BCUT2D eigenvalue weighted by molar-refractivity contribution is 8.01. The lowest BCUT2D eigenvalue weighted by molar-refractivity contribution is 0.0928. The van der Waals surface area contributed by atoms with Crippen molar-refractivity contribution in [1.82, 2.24) is 10.2 Å². The molecule has 3 nitrogen and oxygen atoms in total. The number of carbonyl (C=O) groups is 1. The molecule has 2 bridgehead atoms. The fourth-order valence-electron chi connectivity index (χ4n) is 3.30. The Morgan fingerprint density at radius 1 is 1.22 bits per heavy atom. The van der Waals surface area contributed by atoms with Crippen LogP contribution in [-0.2, 0) is 0 Å². The fraction of sp³-hybridized carbons (Fsp3) is 0.353. The average Bonchev–Trinajstić information content (AvgIpc) is 3.26. The molecule has 1 N–H and O–H groups in total. The van der Waals surface area contributed by atoms with E-state index in [9.17, 15) is 4.79 Å². The molecule has 2 aliphatic rings. The lowest BCUT2D eigenvalue weighted by Crippen LogP contribution is -2.42. The molecule has 120 valence electrons. The van der Waals surface area contributed by atoms with Gasteiger partial charge in [0.2, 0.25) is 0 Å². The highest BCUT2D eigenvalue weighted by Crippen LogP contribution is 2.34. The molecule has 2 aliphatic heterocycles. The van der Waals surface area contributed by atoms with Crippen molar-refractivity contribution in [3.63, 3.8) is 0 Å². The number of fused-ring (bicyclic) bond motifs is 2. The van der Waals surface area contributed by atoms with Gasteiger partial charge in [-0.05, 0) is 55.3 Å². The summed E-state index contributed by atoms with van der Waals surface area (Å²) in [5, 5.41) is 3.95. The van der Waals surface area contributed by atoms with Crippen LogP contribution in [0.15, 0.2) is 45.5 Å². The van der Waals surface area contributed by atoms with E-state index in [-0.39, 0.29) is 5.91 Å². The minimum Gasteiger partial charge on any atom is -0.347 e. The number of hydrogen-bond donors (Lipinski definition) is 1. The van der Waals surface area contributed by atoms with Crippen LogP contribution in [0.25, 0.3) is 0 Å². The number of rotatable bonds is 4. The van der Waals surface area contributed by atoms with Crippen LogP contribution in [0.1, 0.15) is 16.1 Å². The van der Waals surface area contributed by atoms with Gasteiger partial charge >= 0.3 is 0 Å². The van der Waals surface area contributed by atoms with Crippen molar-refractivity contribution in [2.75, 3.05) is 19.6 Å². The monoisotopic (exact) mass is 364 g/mol. The van der Waals surface area contributed by atoms with Gasteiger partial charge in [0.1, 0.15) is 0 Å². The van der Waals surface area contributed by atoms with Crippen molar-refractivity contribution < 1.29 is 4.79 Å². The van der Waals surface area contributed by atoms with Crippen LogP contribution < -0.4 is 5.32 Å².